The molecule has 3 heterocycles. The first-order valence-corrected chi connectivity index (χ1v) is 13.5. The van der Waals surface area contributed by atoms with Crippen LogP contribution in [0.15, 0.2) is 22.2 Å². The number of oxime groups is 1. The van der Waals surface area contributed by atoms with Crippen molar-refractivity contribution in [1.29, 1.82) is 0 Å². The van der Waals surface area contributed by atoms with Gasteiger partial charge in [0.2, 0.25) is 17.0 Å². The van der Waals surface area contributed by atoms with Gasteiger partial charge in [-0.2, -0.15) is 27.6 Å². The number of nitrogens with zero attached hydrogens (tertiary/aromatic N) is 5. The Labute approximate surface area is 227 Å². The number of aromatic nitrogens is 3. The van der Waals surface area contributed by atoms with E-state index in [2.05, 4.69) is 38.0 Å². The van der Waals surface area contributed by atoms with Crippen LogP contribution in [0.1, 0.15) is 59.5 Å². The number of aromatic hydroxyl groups is 1. The maximum Gasteiger partial charge on any atom is 0.418 e. The van der Waals surface area contributed by atoms with Crippen LogP contribution in [-0.4, -0.2) is 71.5 Å². The van der Waals surface area contributed by atoms with E-state index in [9.17, 15) is 33.1 Å². The highest BCUT2D eigenvalue weighted by atomic mass is 32.3. The lowest BCUT2D eigenvalue weighted by molar-refractivity contribution is -0.218. The molecular formula is C20H31N7O10S2. The number of hydrogen-bond acceptors (Lipinski definition) is 14. The highest BCUT2D eigenvalue weighted by Crippen LogP contribution is 2.32. The quantitative estimate of drug-likeness (QED) is 0.0916. The summed E-state index contributed by atoms with van der Waals surface area (Å²) < 4.78 is 39.1. The minimum absolute atomic E-state index is 0.0222. The van der Waals surface area contributed by atoms with Gasteiger partial charge in [-0.05, 0) is 13.8 Å². The average molecular weight is 594 g/mol. The lowest BCUT2D eigenvalue weighted by Gasteiger charge is -2.50. The summed E-state index contributed by atoms with van der Waals surface area (Å²) in [7, 11) is -4.99. The van der Waals surface area contributed by atoms with Crippen LogP contribution in [0.25, 0.3) is 0 Å². The second-order valence-electron chi connectivity index (χ2n) is 7.93. The Morgan fingerprint density at radius 3 is 2.38 bits per heavy atom. The van der Waals surface area contributed by atoms with Gasteiger partial charge >= 0.3 is 10.4 Å². The largest absolute Gasteiger partial charge is 0.503 e. The van der Waals surface area contributed by atoms with E-state index in [1.165, 1.54) is 20.3 Å². The SMILES string of the molecule is CC.CC1(C)C(NC(=O)/C(=N\OCc2cc(=O)c(O)cn2O)c2nsc(N)n2)C(=O)N1OS(=O)(=O)O.CCC. The summed E-state index contributed by atoms with van der Waals surface area (Å²) in [6.45, 7) is 10.4. The summed E-state index contributed by atoms with van der Waals surface area (Å²) in [4.78, 5) is 45.5. The van der Waals surface area contributed by atoms with Crippen LogP contribution in [0.2, 0.25) is 0 Å². The van der Waals surface area contributed by atoms with E-state index in [4.69, 9.17) is 15.1 Å². The van der Waals surface area contributed by atoms with Crippen molar-refractivity contribution in [1.82, 2.24) is 24.5 Å². The van der Waals surface area contributed by atoms with Crippen molar-refractivity contribution in [2.24, 2.45) is 5.16 Å². The fourth-order valence-electron chi connectivity index (χ4n) is 2.76. The molecule has 1 unspecified atom stereocenters. The maximum absolute atomic E-state index is 12.8. The van der Waals surface area contributed by atoms with Gasteiger partial charge in [-0.1, -0.05) is 39.3 Å². The zero-order valence-electron chi connectivity index (χ0n) is 22.0. The van der Waals surface area contributed by atoms with E-state index in [1.54, 1.807) is 0 Å². The van der Waals surface area contributed by atoms with Crippen LogP contribution in [0.5, 0.6) is 5.75 Å². The molecule has 1 saturated heterocycles. The smallest absolute Gasteiger partial charge is 0.418 e. The molecule has 19 heteroatoms. The van der Waals surface area contributed by atoms with Crippen molar-refractivity contribution in [3.05, 3.63) is 34.0 Å². The van der Waals surface area contributed by atoms with Crippen LogP contribution in [0.4, 0.5) is 5.13 Å². The van der Waals surface area contributed by atoms with E-state index >= 15 is 0 Å². The summed E-state index contributed by atoms with van der Waals surface area (Å²) in [6, 6.07) is -0.439. The van der Waals surface area contributed by atoms with E-state index in [0.717, 1.165) is 23.8 Å². The molecule has 0 bridgehead atoms. The molecule has 1 atom stereocenters. The van der Waals surface area contributed by atoms with Crippen molar-refractivity contribution in [2.45, 2.75) is 66.2 Å². The Kier molecular flexibility index (Phi) is 11.8. The summed E-state index contributed by atoms with van der Waals surface area (Å²) in [5.74, 6) is -3.00. The number of amides is 2. The minimum atomic E-state index is -4.99. The number of anilines is 1. The second kappa shape index (κ2) is 13.8. The van der Waals surface area contributed by atoms with Crippen LogP contribution in [0.3, 0.4) is 0 Å². The second-order valence-corrected chi connectivity index (χ2v) is 9.72. The molecule has 2 aromatic heterocycles. The number of nitrogens with two attached hydrogens (primary N) is 1. The normalized spacial score (nSPS) is 16.2. The molecular weight excluding hydrogens is 562 g/mol. The molecule has 1 aliphatic rings. The van der Waals surface area contributed by atoms with E-state index in [0.29, 0.717) is 9.79 Å². The number of pyridine rings is 1. The molecule has 218 valence electrons. The Morgan fingerprint density at radius 2 is 1.90 bits per heavy atom. The standard InChI is InChI=1S/C15H17N7O10S2.C3H8.C2H6/c1-15(2)10(13(26)22(15)32-34(28,29)30)17-12(25)9(11-18-14(16)33-20-11)19-31-5-6-3-7(23)8(24)4-21(6)27;1-3-2;1-2/h3-4,10,24,27H,5H2,1-2H3,(H,17,25)(H2,16,18,20)(H,28,29,30);3H2,1-2H3;1-2H3/b19-9-;;. The number of nitrogens with one attached hydrogen (secondary N) is 1. The lowest BCUT2D eigenvalue weighted by Crippen LogP contribution is -2.76. The van der Waals surface area contributed by atoms with E-state index < -0.39 is 57.3 Å². The van der Waals surface area contributed by atoms with Gasteiger partial charge in [0, 0.05) is 17.6 Å². The van der Waals surface area contributed by atoms with E-state index in [1.807, 2.05) is 13.8 Å². The lowest BCUT2D eigenvalue weighted by atomic mass is 9.84. The number of β-lactam (4-membered cyclic amide) rings is 1. The topological polar surface area (TPSA) is 249 Å². The summed E-state index contributed by atoms with van der Waals surface area (Å²) in [5.41, 5.74) is 2.65. The predicted octanol–water partition coefficient (Wildman–Crippen LogP) is 0.428. The maximum atomic E-state index is 12.8. The predicted molar refractivity (Wildman–Crippen MR) is 138 cm³/mol. The van der Waals surface area contributed by atoms with Gasteiger partial charge in [0.15, 0.2) is 17.5 Å². The number of hydrogen-bond donors (Lipinski definition) is 5. The molecule has 2 amide bonds. The Bertz CT molecular complexity index is 1350. The third-order valence-electron chi connectivity index (χ3n) is 4.45. The number of rotatable bonds is 8. The summed E-state index contributed by atoms with van der Waals surface area (Å²) in [6.07, 6.45) is 1.98. The highest BCUT2D eigenvalue weighted by molar-refractivity contribution is 7.80. The van der Waals surface area contributed by atoms with Gasteiger partial charge in [0.1, 0.15) is 11.7 Å². The number of carbonyl (C=O) groups is 2. The molecule has 3 rings (SSSR count). The summed E-state index contributed by atoms with van der Waals surface area (Å²) >= 11 is 0.729. The first-order chi connectivity index (χ1) is 18.1. The molecule has 0 aliphatic carbocycles. The van der Waals surface area contributed by atoms with Crippen molar-refractivity contribution in [3.8, 4) is 5.75 Å². The molecule has 1 aliphatic heterocycles. The fraction of sp³-hybridized carbons (Fsp3) is 0.500. The van der Waals surface area contributed by atoms with Gasteiger partial charge in [0.25, 0.3) is 11.8 Å². The number of nitrogen functional groups attached to an aromatic ring is 1. The van der Waals surface area contributed by atoms with Crippen molar-refractivity contribution in [2.75, 3.05) is 5.73 Å². The number of carbonyl (C=O) groups excluding carboxylic acids is 2. The first-order valence-electron chi connectivity index (χ1n) is 11.4. The van der Waals surface area contributed by atoms with Gasteiger partial charge in [0.05, 0.1) is 11.7 Å². The molecule has 0 radical (unpaired) electrons. The monoisotopic (exact) mass is 593 g/mol. The molecule has 39 heavy (non-hydrogen) atoms. The summed E-state index contributed by atoms with van der Waals surface area (Å²) in [5, 5.41) is 25.3. The molecule has 17 nitrogen and oxygen atoms in total. The Morgan fingerprint density at radius 1 is 1.31 bits per heavy atom. The van der Waals surface area contributed by atoms with E-state index in [-0.39, 0.29) is 16.6 Å². The van der Waals surface area contributed by atoms with Gasteiger partial charge in [-0.15, -0.1) is 4.28 Å². The fourth-order valence-corrected chi connectivity index (χ4v) is 3.65. The zero-order chi connectivity index (χ0) is 30.1. The van der Waals surface area contributed by atoms with Crippen molar-refractivity contribution in [3.63, 3.8) is 0 Å². The van der Waals surface area contributed by atoms with Crippen LogP contribution in [-0.2, 0) is 35.7 Å². The van der Waals surface area contributed by atoms with Gasteiger partial charge < -0.3 is 26.2 Å². The third-order valence-corrected chi connectivity index (χ3v) is 5.33. The minimum Gasteiger partial charge on any atom is -0.503 e. The van der Waals surface area contributed by atoms with Gasteiger partial charge in [-0.25, -0.2) is 0 Å². The Balaban J connectivity index is 0.00000142. The molecule has 0 saturated carbocycles. The average Bonchev–Trinajstić information content (AvgIpc) is 3.28. The zero-order valence-corrected chi connectivity index (χ0v) is 23.6. The first kappa shape index (κ1) is 33.2. The van der Waals surface area contributed by atoms with Crippen LogP contribution >= 0.6 is 11.5 Å². The van der Waals surface area contributed by atoms with Gasteiger partial charge in [-0.3, -0.25) is 18.9 Å². The van der Waals surface area contributed by atoms with Crippen LogP contribution < -0.4 is 16.5 Å². The molecule has 6 N–H and O–H groups in total. The third kappa shape index (κ3) is 8.60. The highest BCUT2D eigenvalue weighted by Gasteiger charge is 2.58. The molecule has 0 spiro atoms. The molecule has 2 aromatic rings. The van der Waals surface area contributed by atoms with Crippen molar-refractivity contribution >= 4 is 44.6 Å². The van der Waals surface area contributed by atoms with Crippen LogP contribution in [0, 0.1) is 0 Å². The Hall–Kier alpha value is -3.81. The number of hydroxylamine groups is 2. The molecule has 1 fully saturated rings. The van der Waals surface area contributed by atoms with Crippen molar-refractivity contribution < 1.29 is 42.0 Å². The molecule has 0 aromatic carbocycles.